The van der Waals surface area contributed by atoms with Gasteiger partial charge in [-0.3, -0.25) is 4.55 Å². The maximum absolute atomic E-state index is 10.2. The topological polar surface area (TPSA) is 67.5 Å². The fourth-order valence-corrected chi connectivity index (χ4v) is 1.43. The van der Waals surface area contributed by atoms with Crippen molar-refractivity contribution < 1.29 is 17.4 Å². The van der Waals surface area contributed by atoms with Crippen molar-refractivity contribution in [1.29, 1.82) is 0 Å². The molecule has 0 saturated heterocycles. The Hall–Kier alpha value is -1.85. The molecule has 0 bridgehead atoms. The summed E-state index contributed by atoms with van der Waals surface area (Å²) in [4.78, 5) is 0. The maximum atomic E-state index is 10.2. The second-order valence-electron chi connectivity index (χ2n) is 3.02. The van der Waals surface area contributed by atoms with Crippen LogP contribution in [0.2, 0.25) is 0 Å². The third-order valence-corrected chi connectivity index (χ3v) is 2.53. The Balaban J connectivity index is 0.000000171. The fourth-order valence-electron chi connectivity index (χ4n) is 0.999. The molecule has 0 aliphatic heterocycles. The van der Waals surface area contributed by atoms with Crippen LogP contribution in [-0.4, -0.2) is 13.0 Å². The Morgan fingerprint density at radius 2 is 1.76 bits per heavy atom. The molecule has 1 aromatic carbocycles. The molecule has 2 rings (SSSR count). The van der Waals surface area contributed by atoms with Gasteiger partial charge in [0, 0.05) is 0 Å². The van der Waals surface area contributed by atoms with Crippen LogP contribution >= 0.6 is 0 Å². The van der Waals surface area contributed by atoms with Crippen molar-refractivity contribution in [2.75, 3.05) is 0 Å². The molecule has 17 heavy (non-hydrogen) atoms. The first-order chi connectivity index (χ1) is 8.04. The van der Waals surface area contributed by atoms with E-state index in [0.717, 1.165) is 6.07 Å². The molecule has 0 atom stereocenters. The molecule has 0 fully saturated rings. The molecule has 2 aromatic rings. The Morgan fingerprint density at radius 1 is 1.12 bits per heavy atom. The molecule has 1 aromatic heterocycles. The average molecular weight is 252 g/mol. The van der Waals surface area contributed by atoms with E-state index in [1.165, 1.54) is 17.9 Å². The van der Waals surface area contributed by atoms with E-state index in [2.05, 4.69) is 11.0 Å². The van der Waals surface area contributed by atoms with Gasteiger partial charge in [-0.15, -0.1) is 0 Å². The maximum Gasteiger partial charge on any atom is 0.328 e. The molecule has 90 valence electrons. The highest BCUT2D eigenvalue weighted by atomic mass is 32.2. The quantitative estimate of drug-likeness (QED) is 0.834. The zero-order valence-corrected chi connectivity index (χ0v) is 9.80. The molecule has 0 aliphatic carbocycles. The van der Waals surface area contributed by atoms with Gasteiger partial charge in [0.25, 0.3) is 0 Å². The van der Waals surface area contributed by atoms with Gasteiger partial charge in [0.15, 0.2) is 0 Å². The summed E-state index contributed by atoms with van der Waals surface area (Å²) < 4.78 is 32.9. The van der Waals surface area contributed by atoms with Gasteiger partial charge in [0.1, 0.15) is 0 Å². The van der Waals surface area contributed by atoms with Gasteiger partial charge >= 0.3 is 10.1 Å². The van der Waals surface area contributed by atoms with E-state index in [1.54, 1.807) is 0 Å². The largest absolute Gasteiger partial charge is 0.451 e. The second-order valence-corrected chi connectivity index (χ2v) is 4.37. The Bertz CT molecular complexity index is 541. The molecular weight excluding hydrogens is 240 g/mol. The average Bonchev–Trinajstić information content (AvgIpc) is 2.84. The van der Waals surface area contributed by atoms with Crippen LogP contribution in [0.4, 0.5) is 0 Å². The highest BCUT2D eigenvalue weighted by Gasteiger charge is 2.10. The zero-order chi connectivity index (χ0) is 12.7. The summed E-state index contributed by atoms with van der Waals surface area (Å²) in [6.45, 7) is 3.63. The lowest BCUT2D eigenvalue weighted by molar-refractivity contribution is 0.407. The molecule has 0 saturated carbocycles. The third-order valence-electron chi connectivity index (χ3n) is 1.78. The lowest BCUT2D eigenvalue weighted by Crippen LogP contribution is -1.94. The van der Waals surface area contributed by atoms with E-state index in [0.29, 0.717) is 0 Å². The van der Waals surface area contributed by atoms with Gasteiger partial charge in [-0.1, -0.05) is 43.0 Å². The van der Waals surface area contributed by atoms with Crippen LogP contribution in [0.3, 0.4) is 0 Å². The van der Waals surface area contributed by atoms with E-state index < -0.39 is 15.2 Å². The molecule has 1 N–H and O–H groups in total. The van der Waals surface area contributed by atoms with E-state index in [-0.39, 0.29) is 0 Å². The monoisotopic (exact) mass is 252 g/mol. The van der Waals surface area contributed by atoms with Crippen molar-refractivity contribution in [3.63, 3.8) is 0 Å². The van der Waals surface area contributed by atoms with E-state index >= 15 is 0 Å². The summed E-state index contributed by atoms with van der Waals surface area (Å²) in [6, 6.07) is 12.6. The number of furan rings is 1. The molecule has 0 amide bonds. The minimum atomic E-state index is -4.13. The summed E-state index contributed by atoms with van der Waals surface area (Å²) in [7, 11) is -4.13. The first-order valence-corrected chi connectivity index (χ1v) is 6.16. The van der Waals surface area contributed by atoms with Crippen molar-refractivity contribution in [3.05, 3.63) is 60.9 Å². The van der Waals surface area contributed by atoms with Crippen LogP contribution in [0.15, 0.2) is 64.8 Å². The van der Waals surface area contributed by atoms with Crippen LogP contribution in [-0.2, 0) is 10.1 Å². The standard InChI is InChI=1S/C8H8.C4H4O4S/c1-2-8-6-4-3-5-7-8;5-9(6,7)4-2-1-3-8-4/h2-7H,1H2;1-3H,(H,5,6,7). The summed E-state index contributed by atoms with van der Waals surface area (Å²) in [5, 5.41) is -0.428. The van der Waals surface area contributed by atoms with Crippen LogP contribution in [0.1, 0.15) is 5.56 Å². The highest BCUT2D eigenvalue weighted by Crippen LogP contribution is 2.06. The molecule has 0 aliphatic rings. The van der Waals surface area contributed by atoms with Gasteiger partial charge in [-0.05, 0) is 17.7 Å². The smallest absolute Gasteiger partial charge is 0.328 e. The Kier molecular flexibility index (Phi) is 4.68. The summed E-state index contributed by atoms with van der Waals surface area (Å²) in [5.74, 6) is 0. The highest BCUT2D eigenvalue weighted by molar-refractivity contribution is 7.85. The van der Waals surface area contributed by atoms with Gasteiger partial charge < -0.3 is 4.42 Å². The van der Waals surface area contributed by atoms with Crippen molar-refractivity contribution >= 4 is 16.2 Å². The minimum absolute atomic E-state index is 0.428. The van der Waals surface area contributed by atoms with Crippen LogP contribution in [0.5, 0.6) is 0 Å². The van der Waals surface area contributed by atoms with Crippen LogP contribution < -0.4 is 0 Å². The van der Waals surface area contributed by atoms with Crippen molar-refractivity contribution in [2.45, 2.75) is 5.09 Å². The van der Waals surface area contributed by atoms with Crippen molar-refractivity contribution in [1.82, 2.24) is 0 Å². The summed E-state index contributed by atoms with van der Waals surface area (Å²) >= 11 is 0. The fraction of sp³-hybridized carbons (Fsp3) is 0. The van der Waals surface area contributed by atoms with Gasteiger partial charge in [0.2, 0.25) is 5.09 Å². The van der Waals surface area contributed by atoms with E-state index in [9.17, 15) is 8.42 Å². The lowest BCUT2D eigenvalue weighted by atomic mass is 10.2. The number of hydrogen-bond acceptors (Lipinski definition) is 3. The number of rotatable bonds is 2. The minimum Gasteiger partial charge on any atom is -0.451 e. The molecule has 0 spiro atoms. The normalized spacial score (nSPS) is 10.2. The SMILES string of the molecule is C=Cc1ccccc1.O=S(=O)(O)c1ccco1. The number of hydrogen-bond donors (Lipinski definition) is 1. The molecule has 0 unspecified atom stereocenters. The van der Waals surface area contributed by atoms with E-state index in [4.69, 9.17) is 4.55 Å². The summed E-state index contributed by atoms with van der Waals surface area (Å²) in [5.41, 5.74) is 1.17. The van der Waals surface area contributed by atoms with Crippen molar-refractivity contribution in [2.24, 2.45) is 0 Å². The Morgan fingerprint density at radius 3 is 2.06 bits per heavy atom. The zero-order valence-electron chi connectivity index (χ0n) is 8.98. The van der Waals surface area contributed by atoms with Crippen molar-refractivity contribution in [3.8, 4) is 0 Å². The summed E-state index contributed by atoms with van der Waals surface area (Å²) in [6.07, 6.45) is 3.00. The van der Waals surface area contributed by atoms with E-state index in [1.807, 2.05) is 36.4 Å². The van der Waals surface area contributed by atoms with Gasteiger partial charge in [-0.2, -0.15) is 8.42 Å². The number of benzene rings is 1. The van der Waals surface area contributed by atoms with Crippen LogP contribution in [0.25, 0.3) is 6.08 Å². The second kappa shape index (κ2) is 6.03. The molecule has 1 heterocycles. The first kappa shape index (κ1) is 13.2. The molecular formula is C12H12O4S. The van der Waals surface area contributed by atoms with Crippen LogP contribution in [0, 0.1) is 0 Å². The Labute approximate surface area is 100.0 Å². The molecule has 0 radical (unpaired) electrons. The molecule has 4 nitrogen and oxygen atoms in total. The molecule has 5 heteroatoms. The predicted octanol–water partition coefficient (Wildman–Crippen LogP) is 2.86. The van der Waals surface area contributed by atoms with Gasteiger partial charge in [0.05, 0.1) is 6.26 Å². The first-order valence-electron chi connectivity index (χ1n) is 4.72. The van der Waals surface area contributed by atoms with Gasteiger partial charge in [-0.25, -0.2) is 0 Å². The third kappa shape index (κ3) is 4.67. The lowest BCUT2D eigenvalue weighted by Gasteiger charge is -1.85. The predicted molar refractivity (Wildman–Crippen MR) is 65.1 cm³/mol.